The third-order valence-electron chi connectivity index (χ3n) is 3.94. The SMILES string of the molecule is CCCCOc1ccc(C(=O)OCC(=O)Nc2c(C)cccc2C)cc1. The van der Waals surface area contributed by atoms with Crippen molar-refractivity contribution in [2.45, 2.75) is 33.6 Å². The van der Waals surface area contributed by atoms with Gasteiger partial charge in [0.25, 0.3) is 5.91 Å². The van der Waals surface area contributed by atoms with Gasteiger partial charge in [-0.3, -0.25) is 4.79 Å². The zero-order valence-electron chi connectivity index (χ0n) is 15.5. The smallest absolute Gasteiger partial charge is 0.338 e. The number of unbranched alkanes of at least 4 members (excludes halogenated alkanes) is 1. The van der Waals surface area contributed by atoms with Crippen molar-refractivity contribution in [1.29, 1.82) is 0 Å². The van der Waals surface area contributed by atoms with Crippen LogP contribution in [-0.2, 0) is 9.53 Å². The van der Waals surface area contributed by atoms with Crippen molar-refractivity contribution in [1.82, 2.24) is 0 Å². The molecule has 0 heterocycles. The van der Waals surface area contributed by atoms with E-state index in [0.717, 1.165) is 29.7 Å². The number of amides is 1. The summed E-state index contributed by atoms with van der Waals surface area (Å²) in [6, 6.07) is 12.5. The van der Waals surface area contributed by atoms with Crippen molar-refractivity contribution in [3.8, 4) is 5.75 Å². The lowest BCUT2D eigenvalue weighted by atomic mass is 10.1. The number of esters is 1. The van der Waals surface area contributed by atoms with Crippen molar-refractivity contribution >= 4 is 17.6 Å². The maximum atomic E-state index is 12.1. The average Bonchev–Trinajstić information content (AvgIpc) is 2.64. The molecule has 0 bridgehead atoms. The lowest BCUT2D eigenvalue weighted by molar-refractivity contribution is -0.119. The molecule has 0 fully saturated rings. The first-order chi connectivity index (χ1) is 12.5. The number of carbonyl (C=O) groups excluding carboxylic acids is 2. The van der Waals surface area contributed by atoms with E-state index in [1.165, 1.54) is 0 Å². The van der Waals surface area contributed by atoms with E-state index in [-0.39, 0.29) is 12.5 Å². The molecule has 0 radical (unpaired) electrons. The number of hydrogen-bond acceptors (Lipinski definition) is 4. The summed E-state index contributed by atoms with van der Waals surface area (Å²) in [7, 11) is 0. The van der Waals surface area contributed by atoms with Crippen LogP contribution in [0.3, 0.4) is 0 Å². The van der Waals surface area contributed by atoms with Crippen LogP contribution in [0.2, 0.25) is 0 Å². The van der Waals surface area contributed by atoms with E-state index in [1.54, 1.807) is 24.3 Å². The largest absolute Gasteiger partial charge is 0.494 e. The minimum atomic E-state index is -0.540. The lowest BCUT2D eigenvalue weighted by Gasteiger charge is -2.11. The van der Waals surface area contributed by atoms with E-state index < -0.39 is 5.97 Å². The molecule has 1 N–H and O–H groups in total. The maximum absolute atomic E-state index is 12.1. The van der Waals surface area contributed by atoms with E-state index >= 15 is 0 Å². The second-order valence-corrected chi connectivity index (χ2v) is 6.12. The van der Waals surface area contributed by atoms with Crippen LogP contribution in [0.5, 0.6) is 5.75 Å². The number of ether oxygens (including phenoxy) is 2. The Morgan fingerprint density at radius 2 is 1.65 bits per heavy atom. The van der Waals surface area contributed by atoms with E-state index in [4.69, 9.17) is 9.47 Å². The van der Waals surface area contributed by atoms with Crippen LogP contribution in [0.4, 0.5) is 5.69 Å². The molecule has 2 aromatic rings. The number of nitrogens with one attached hydrogen (secondary N) is 1. The molecule has 0 aliphatic heterocycles. The van der Waals surface area contributed by atoms with Gasteiger partial charge in [0.15, 0.2) is 6.61 Å². The van der Waals surface area contributed by atoms with Gasteiger partial charge < -0.3 is 14.8 Å². The molecule has 0 aromatic heterocycles. The standard InChI is InChI=1S/C21H25NO4/c1-4-5-13-25-18-11-9-17(10-12-18)21(24)26-14-19(23)22-20-15(2)7-6-8-16(20)3/h6-12H,4-5,13-14H2,1-3H3,(H,22,23). The van der Waals surface area contributed by atoms with Gasteiger partial charge in [-0.2, -0.15) is 0 Å². The van der Waals surface area contributed by atoms with Crippen LogP contribution in [0, 0.1) is 13.8 Å². The number of hydrogen-bond donors (Lipinski definition) is 1. The molecule has 138 valence electrons. The Morgan fingerprint density at radius 3 is 2.27 bits per heavy atom. The third-order valence-corrected chi connectivity index (χ3v) is 3.94. The Bertz CT molecular complexity index is 733. The number of anilines is 1. The first-order valence-electron chi connectivity index (χ1n) is 8.77. The normalized spacial score (nSPS) is 10.3. The molecule has 0 aliphatic carbocycles. The summed E-state index contributed by atoms with van der Waals surface area (Å²) < 4.78 is 10.6. The van der Waals surface area contributed by atoms with E-state index in [9.17, 15) is 9.59 Å². The summed E-state index contributed by atoms with van der Waals surface area (Å²) >= 11 is 0. The minimum absolute atomic E-state index is 0.332. The van der Waals surface area contributed by atoms with Gasteiger partial charge in [0.05, 0.1) is 12.2 Å². The van der Waals surface area contributed by atoms with Crippen molar-refractivity contribution in [2.24, 2.45) is 0 Å². The van der Waals surface area contributed by atoms with Gasteiger partial charge in [0.1, 0.15) is 5.75 Å². The topological polar surface area (TPSA) is 64.6 Å². The Hall–Kier alpha value is -2.82. The second kappa shape index (κ2) is 9.61. The number of aryl methyl sites for hydroxylation is 2. The molecule has 0 spiro atoms. The molecule has 1 amide bonds. The van der Waals surface area contributed by atoms with Gasteiger partial charge in [-0.15, -0.1) is 0 Å². The molecule has 0 saturated heterocycles. The Balaban J connectivity index is 1.85. The van der Waals surface area contributed by atoms with Crippen LogP contribution in [-0.4, -0.2) is 25.1 Å². The molecule has 0 saturated carbocycles. The third kappa shape index (κ3) is 5.62. The fourth-order valence-corrected chi connectivity index (χ4v) is 2.42. The molecule has 26 heavy (non-hydrogen) atoms. The summed E-state index contributed by atoms with van der Waals surface area (Å²) in [5.74, 6) is -0.195. The van der Waals surface area contributed by atoms with Crippen molar-refractivity contribution < 1.29 is 19.1 Å². The zero-order valence-corrected chi connectivity index (χ0v) is 15.5. The molecule has 0 unspecified atom stereocenters. The second-order valence-electron chi connectivity index (χ2n) is 6.12. The molecule has 2 rings (SSSR count). The summed E-state index contributed by atoms with van der Waals surface area (Å²) in [6.45, 7) is 6.25. The zero-order chi connectivity index (χ0) is 18.9. The summed E-state index contributed by atoms with van der Waals surface area (Å²) in [6.07, 6.45) is 2.05. The number of carbonyl (C=O) groups is 2. The quantitative estimate of drug-likeness (QED) is 0.567. The van der Waals surface area contributed by atoms with Crippen molar-refractivity contribution in [3.05, 3.63) is 59.2 Å². The predicted molar refractivity (Wildman–Crippen MR) is 102 cm³/mol. The Kier molecular flexibility index (Phi) is 7.21. The van der Waals surface area contributed by atoms with Crippen molar-refractivity contribution in [2.75, 3.05) is 18.5 Å². The van der Waals surface area contributed by atoms with Crippen LogP contribution in [0.1, 0.15) is 41.3 Å². The van der Waals surface area contributed by atoms with Gasteiger partial charge >= 0.3 is 5.97 Å². The Morgan fingerprint density at radius 1 is 1.00 bits per heavy atom. The average molecular weight is 355 g/mol. The van der Waals surface area contributed by atoms with Crippen LogP contribution >= 0.6 is 0 Å². The predicted octanol–water partition coefficient (Wildman–Crippen LogP) is 4.28. The fraction of sp³-hybridized carbons (Fsp3) is 0.333. The highest BCUT2D eigenvalue weighted by Crippen LogP contribution is 2.19. The molecule has 5 nitrogen and oxygen atoms in total. The maximum Gasteiger partial charge on any atom is 0.338 e. The number of benzene rings is 2. The minimum Gasteiger partial charge on any atom is -0.494 e. The monoisotopic (exact) mass is 355 g/mol. The van der Waals surface area contributed by atoms with Gasteiger partial charge in [-0.05, 0) is 55.7 Å². The van der Waals surface area contributed by atoms with Crippen LogP contribution < -0.4 is 10.1 Å². The van der Waals surface area contributed by atoms with Crippen molar-refractivity contribution in [3.63, 3.8) is 0 Å². The lowest BCUT2D eigenvalue weighted by Crippen LogP contribution is -2.21. The van der Waals surface area contributed by atoms with Crippen LogP contribution in [0.15, 0.2) is 42.5 Å². The molecule has 5 heteroatoms. The first kappa shape index (κ1) is 19.5. The van der Waals surface area contributed by atoms with Gasteiger partial charge in [0.2, 0.25) is 0 Å². The summed E-state index contributed by atoms with van der Waals surface area (Å²) in [4.78, 5) is 24.1. The van der Waals surface area contributed by atoms with E-state index in [1.807, 2.05) is 32.0 Å². The van der Waals surface area contributed by atoms with Gasteiger partial charge in [0, 0.05) is 5.69 Å². The highest BCUT2D eigenvalue weighted by Gasteiger charge is 2.12. The number of para-hydroxylation sites is 1. The van der Waals surface area contributed by atoms with Gasteiger partial charge in [-0.25, -0.2) is 4.79 Å². The summed E-state index contributed by atoms with van der Waals surface area (Å²) in [5.41, 5.74) is 3.06. The van der Waals surface area contributed by atoms with E-state index in [2.05, 4.69) is 12.2 Å². The highest BCUT2D eigenvalue weighted by molar-refractivity contribution is 5.96. The molecular weight excluding hydrogens is 330 g/mol. The molecular formula is C21H25NO4. The summed E-state index contributed by atoms with van der Waals surface area (Å²) in [5, 5.41) is 2.79. The number of rotatable bonds is 8. The van der Waals surface area contributed by atoms with E-state index in [0.29, 0.717) is 17.9 Å². The molecule has 0 atom stereocenters. The Labute approximate surface area is 154 Å². The van der Waals surface area contributed by atoms with Crippen LogP contribution in [0.25, 0.3) is 0 Å². The first-order valence-corrected chi connectivity index (χ1v) is 8.77. The fourth-order valence-electron chi connectivity index (χ4n) is 2.42. The molecule has 2 aromatic carbocycles. The van der Waals surface area contributed by atoms with Gasteiger partial charge in [-0.1, -0.05) is 31.5 Å². The molecule has 0 aliphatic rings. The highest BCUT2D eigenvalue weighted by atomic mass is 16.5.